The smallest absolute Gasteiger partial charge is 0.475 e. The van der Waals surface area contributed by atoms with E-state index in [1.165, 1.54) is 12.0 Å². The van der Waals surface area contributed by atoms with Gasteiger partial charge in [-0.3, -0.25) is 4.90 Å². The molecule has 0 saturated carbocycles. The van der Waals surface area contributed by atoms with Gasteiger partial charge in [0.1, 0.15) is 0 Å². The number of carboxylic acid groups (broad SMARTS) is 1. The van der Waals surface area contributed by atoms with Gasteiger partial charge in [0.25, 0.3) is 0 Å². The van der Waals surface area contributed by atoms with Crippen LogP contribution in [-0.2, 0) is 11.3 Å². The number of rotatable bonds is 4. The molecule has 0 spiro atoms. The van der Waals surface area contributed by atoms with Crippen LogP contribution in [0, 0.1) is 11.3 Å². The largest absolute Gasteiger partial charge is 0.490 e. The maximum absolute atomic E-state index is 12.2. The van der Waals surface area contributed by atoms with Crippen molar-refractivity contribution < 1.29 is 27.9 Å². The zero-order chi connectivity index (χ0) is 22.9. The van der Waals surface area contributed by atoms with E-state index in [0.717, 1.165) is 52.2 Å². The van der Waals surface area contributed by atoms with E-state index in [9.17, 15) is 18.0 Å². The van der Waals surface area contributed by atoms with Gasteiger partial charge in [-0.05, 0) is 37.1 Å². The average Bonchev–Trinajstić information content (AvgIpc) is 3.26. The van der Waals surface area contributed by atoms with E-state index < -0.39 is 12.1 Å². The summed E-state index contributed by atoms with van der Waals surface area (Å²) in [6.45, 7) is 5.95. The summed E-state index contributed by atoms with van der Waals surface area (Å²) < 4.78 is 31.7. The van der Waals surface area contributed by atoms with Gasteiger partial charge in [-0.15, -0.1) is 0 Å². The molecule has 0 radical (unpaired) electrons. The van der Waals surface area contributed by atoms with Gasteiger partial charge in [-0.1, -0.05) is 12.1 Å². The van der Waals surface area contributed by atoms with Crippen LogP contribution < -0.4 is 10.6 Å². The Balaban J connectivity index is 0.000000423. The Bertz CT molecular complexity index is 766. The number of nitriles is 1. The Morgan fingerprint density at radius 2 is 1.81 bits per heavy atom. The molecule has 2 aliphatic heterocycles. The zero-order valence-electron chi connectivity index (χ0n) is 17.0. The van der Waals surface area contributed by atoms with E-state index in [4.69, 9.17) is 15.2 Å². The van der Waals surface area contributed by atoms with Gasteiger partial charge >= 0.3 is 18.2 Å². The summed E-state index contributed by atoms with van der Waals surface area (Å²) in [6, 6.07) is 10.4. The Labute approximate surface area is 178 Å². The number of piperazine rings is 1. The summed E-state index contributed by atoms with van der Waals surface area (Å²) in [5.74, 6) is -2.76. The molecule has 2 amide bonds. The van der Waals surface area contributed by atoms with Crippen molar-refractivity contribution in [2.24, 2.45) is 0 Å². The summed E-state index contributed by atoms with van der Waals surface area (Å²) >= 11 is 0. The zero-order valence-corrected chi connectivity index (χ0v) is 17.0. The standard InChI is InChI=1S/C18H25N5O.C2HF3O2/c19-12-15-3-5-16(6-4-15)14-22-8-10-23(11-9-22)18(24)21-13-17-2-1-7-20-17;3-2(4,5)1(6)7/h3-6,17,20H,1-2,7-11,13-14H2,(H,21,24);(H,6,7). The van der Waals surface area contributed by atoms with Crippen LogP contribution in [0.3, 0.4) is 0 Å². The van der Waals surface area contributed by atoms with Crippen LogP contribution in [0.1, 0.15) is 24.0 Å². The first-order valence-corrected chi connectivity index (χ1v) is 9.96. The van der Waals surface area contributed by atoms with Crippen LogP contribution in [0.5, 0.6) is 0 Å². The molecule has 11 heteroatoms. The predicted molar refractivity (Wildman–Crippen MR) is 106 cm³/mol. The number of carbonyl (C=O) groups is 2. The number of amides is 2. The lowest BCUT2D eigenvalue weighted by Crippen LogP contribution is -2.52. The number of carboxylic acids is 1. The van der Waals surface area contributed by atoms with Gasteiger partial charge in [0.05, 0.1) is 11.6 Å². The van der Waals surface area contributed by atoms with Crippen LogP contribution in [-0.4, -0.2) is 78.4 Å². The van der Waals surface area contributed by atoms with Crippen LogP contribution in [0.4, 0.5) is 18.0 Å². The Kier molecular flexibility index (Phi) is 9.08. The predicted octanol–water partition coefficient (Wildman–Crippen LogP) is 1.77. The third-order valence-corrected chi connectivity index (χ3v) is 5.05. The summed E-state index contributed by atoms with van der Waals surface area (Å²) in [5.41, 5.74) is 1.90. The van der Waals surface area contributed by atoms with Gasteiger partial charge in [-0.25, -0.2) is 9.59 Å². The number of hydrogen-bond acceptors (Lipinski definition) is 5. The number of hydrogen-bond donors (Lipinski definition) is 3. The van der Waals surface area contributed by atoms with Crippen molar-refractivity contribution in [1.82, 2.24) is 20.4 Å². The first kappa shape index (κ1) is 24.4. The summed E-state index contributed by atoms with van der Waals surface area (Å²) in [7, 11) is 0. The first-order valence-electron chi connectivity index (χ1n) is 9.96. The van der Waals surface area contributed by atoms with Gasteiger partial charge in [0.15, 0.2) is 0 Å². The molecule has 0 aliphatic carbocycles. The quantitative estimate of drug-likeness (QED) is 0.657. The fraction of sp³-hybridized carbons (Fsp3) is 0.550. The number of alkyl halides is 3. The normalized spacial score (nSPS) is 19.2. The van der Waals surface area contributed by atoms with Crippen molar-refractivity contribution in [2.75, 3.05) is 39.3 Å². The molecule has 2 fully saturated rings. The number of aliphatic carboxylic acids is 1. The van der Waals surface area contributed by atoms with Crippen LogP contribution >= 0.6 is 0 Å². The Morgan fingerprint density at radius 1 is 1.19 bits per heavy atom. The second kappa shape index (κ2) is 11.5. The third-order valence-electron chi connectivity index (χ3n) is 5.05. The van der Waals surface area contributed by atoms with Crippen molar-refractivity contribution in [3.05, 3.63) is 35.4 Å². The Hall–Kier alpha value is -2.84. The lowest BCUT2D eigenvalue weighted by Gasteiger charge is -2.35. The summed E-state index contributed by atoms with van der Waals surface area (Å²) in [5, 5.41) is 22.4. The minimum Gasteiger partial charge on any atom is -0.475 e. The van der Waals surface area contributed by atoms with Crippen molar-refractivity contribution in [3.8, 4) is 6.07 Å². The molecule has 31 heavy (non-hydrogen) atoms. The summed E-state index contributed by atoms with van der Waals surface area (Å²) in [6.07, 6.45) is -2.73. The molecule has 1 aromatic carbocycles. The molecule has 170 valence electrons. The first-order chi connectivity index (χ1) is 14.7. The van der Waals surface area contributed by atoms with Crippen LogP contribution in [0.25, 0.3) is 0 Å². The second-order valence-electron chi connectivity index (χ2n) is 7.35. The van der Waals surface area contributed by atoms with Crippen molar-refractivity contribution >= 4 is 12.0 Å². The molecule has 1 aromatic rings. The van der Waals surface area contributed by atoms with Crippen molar-refractivity contribution in [3.63, 3.8) is 0 Å². The highest BCUT2D eigenvalue weighted by Gasteiger charge is 2.38. The van der Waals surface area contributed by atoms with E-state index in [2.05, 4.69) is 21.6 Å². The fourth-order valence-electron chi connectivity index (χ4n) is 3.31. The maximum atomic E-state index is 12.2. The van der Waals surface area contributed by atoms with Crippen molar-refractivity contribution in [2.45, 2.75) is 31.6 Å². The van der Waals surface area contributed by atoms with Gasteiger partial charge in [0.2, 0.25) is 0 Å². The minimum absolute atomic E-state index is 0.0572. The highest BCUT2D eigenvalue weighted by Crippen LogP contribution is 2.13. The maximum Gasteiger partial charge on any atom is 0.490 e. The molecule has 0 bridgehead atoms. The van der Waals surface area contributed by atoms with Crippen LogP contribution in [0.15, 0.2) is 24.3 Å². The molecule has 2 aliphatic rings. The highest BCUT2D eigenvalue weighted by atomic mass is 19.4. The highest BCUT2D eigenvalue weighted by molar-refractivity contribution is 5.74. The number of nitrogens with zero attached hydrogens (tertiary/aromatic N) is 3. The van der Waals surface area contributed by atoms with Gasteiger partial charge < -0.3 is 20.6 Å². The lowest BCUT2D eigenvalue weighted by atomic mass is 10.1. The third kappa shape index (κ3) is 8.43. The molecule has 0 aromatic heterocycles. The average molecular weight is 441 g/mol. The number of halogens is 3. The van der Waals surface area contributed by atoms with Crippen molar-refractivity contribution in [1.29, 1.82) is 5.26 Å². The molecular formula is C20H26F3N5O3. The molecule has 2 heterocycles. The number of benzene rings is 1. The molecule has 1 atom stereocenters. The number of nitrogens with one attached hydrogen (secondary N) is 2. The molecule has 3 rings (SSSR count). The molecular weight excluding hydrogens is 415 g/mol. The molecule has 3 N–H and O–H groups in total. The molecule has 1 unspecified atom stereocenters. The van der Waals surface area contributed by atoms with E-state index in [1.807, 2.05) is 29.2 Å². The monoisotopic (exact) mass is 441 g/mol. The van der Waals surface area contributed by atoms with Crippen LogP contribution in [0.2, 0.25) is 0 Å². The van der Waals surface area contributed by atoms with E-state index >= 15 is 0 Å². The lowest BCUT2D eigenvalue weighted by molar-refractivity contribution is -0.192. The second-order valence-corrected chi connectivity index (χ2v) is 7.35. The van der Waals surface area contributed by atoms with E-state index in [1.54, 1.807) is 0 Å². The SMILES string of the molecule is N#Cc1ccc(CN2CCN(C(=O)NCC3CCCN3)CC2)cc1.O=C(O)C(F)(F)F. The van der Waals surface area contributed by atoms with E-state index in [-0.39, 0.29) is 6.03 Å². The fourth-order valence-corrected chi connectivity index (χ4v) is 3.31. The van der Waals surface area contributed by atoms with E-state index in [0.29, 0.717) is 11.6 Å². The summed E-state index contributed by atoms with van der Waals surface area (Å²) in [4.78, 5) is 25.4. The van der Waals surface area contributed by atoms with Gasteiger partial charge in [0, 0.05) is 45.3 Å². The van der Waals surface area contributed by atoms with Gasteiger partial charge in [-0.2, -0.15) is 18.4 Å². The minimum atomic E-state index is -5.08. The number of urea groups is 1. The molecule has 8 nitrogen and oxygen atoms in total. The number of carbonyl (C=O) groups excluding carboxylic acids is 1. The molecule has 2 saturated heterocycles. The topological polar surface area (TPSA) is 109 Å². The Morgan fingerprint density at radius 3 is 2.29 bits per heavy atom.